The second-order valence-corrected chi connectivity index (χ2v) is 5.36. The summed E-state index contributed by atoms with van der Waals surface area (Å²) < 4.78 is 11.2. The molecule has 4 nitrogen and oxygen atoms in total. The van der Waals surface area contributed by atoms with Crippen LogP contribution in [-0.4, -0.2) is 30.2 Å². The predicted octanol–water partition coefficient (Wildman–Crippen LogP) is 2.54. The Morgan fingerprint density at radius 3 is 1.76 bits per heavy atom. The number of esters is 2. The van der Waals surface area contributed by atoms with Gasteiger partial charge in [-0.2, -0.15) is 0 Å². The van der Waals surface area contributed by atoms with E-state index in [1.807, 2.05) is 13.8 Å². The molecule has 0 aromatic heterocycles. The van der Waals surface area contributed by atoms with Crippen LogP contribution in [-0.2, 0) is 19.1 Å². The van der Waals surface area contributed by atoms with Gasteiger partial charge in [-0.3, -0.25) is 0 Å². The van der Waals surface area contributed by atoms with Crippen molar-refractivity contribution in [3.8, 4) is 0 Å². The fourth-order valence-electron chi connectivity index (χ4n) is 1.54. The van der Waals surface area contributed by atoms with Crippen molar-refractivity contribution < 1.29 is 19.1 Å². The SMILES string of the molecule is CCC1(CC)OC(=O)C(=C(SC)SC)C(=O)O1. The molecule has 1 rings (SSSR count). The van der Waals surface area contributed by atoms with Crippen molar-refractivity contribution in [3.05, 3.63) is 9.81 Å². The minimum absolute atomic E-state index is 0.0162. The summed E-state index contributed by atoms with van der Waals surface area (Å²) in [7, 11) is 0. The maximum Gasteiger partial charge on any atom is 0.350 e. The predicted molar refractivity (Wildman–Crippen MR) is 69.6 cm³/mol. The molecule has 17 heavy (non-hydrogen) atoms. The fraction of sp³-hybridized carbons (Fsp3) is 0.636. The van der Waals surface area contributed by atoms with Crippen LogP contribution in [0, 0.1) is 0 Å². The van der Waals surface area contributed by atoms with E-state index in [1.54, 1.807) is 12.5 Å². The molecule has 1 aliphatic heterocycles. The number of hydrogen-bond donors (Lipinski definition) is 0. The molecule has 0 aliphatic carbocycles. The molecule has 0 aromatic rings. The molecule has 6 heteroatoms. The summed E-state index contributed by atoms with van der Waals surface area (Å²) >= 11 is 2.68. The Labute approximate surface area is 109 Å². The highest BCUT2D eigenvalue weighted by atomic mass is 32.2. The van der Waals surface area contributed by atoms with Gasteiger partial charge in [0.05, 0.1) is 4.24 Å². The third kappa shape index (κ3) is 2.80. The van der Waals surface area contributed by atoms with Crippen LogP contribution in [0.5, 0.6) is 0 Å². The molecular weight excluding hydrogens is 260 g/mol. The molecule has 1 fully saturated rings. The molecule has 0 saturated carbocycles. The zero-order chi connectivity index (χ0) is 13.1. The summed E-state index contributed by atoms with van der Waals surface area (Å²) in [6.07, 6.45) is 4.53. The largest absolute Gasteiger partial charge is 0.419 e. The lowest BCUT2D eigenvalue weighted by Crippen LogP contribution is -2.45. The van der Waals surface area contributed by atoms with Crippen LogP contribution in [0.15, 0.2) is 9.81 Å². The summed E-state index contributed by atoms with van der Waals surface area (Å²) in [5, 5.41) is 0. The van der Waals surface area contributed by atoms with E-state index in [1.165, 1.54) is 23.5 Å². The van der Waals surface area contributed by atoms with Gasteiger partial charge >= 0.3 is 11.9 Å². The van der Waals surface area contributed by atoms with E-state index in [4.69, 9.17) is 9.47 Å². The highest BCUT2D eigenvalue weighted by Crippen LogP contribution is 2.35. The molecule has 0 spiro atoms. The van der Waals surface area contributed by atoms with Crippen LogP contribution in [0.1, 0.15) is 26.7 Å². The molecule has 0 N–H and O–H groups in total. The smallest absolute Gasteiger partial charge is 0.350 e. The second-order valence-electron chi connectivity index (χ2n) is 3.47. The molecule has 0 radical (unpaired) electrons. The Hall–Kier alpha value is -0.620. The summed E-state index contributed by atoms with van der Waals surface area (Å²) in [5.74, 6) is -2.24. The number of hydrogen-bond acceptors (Lipinski definition) is 6. The van der Waals surface area contributed by atoms with E-state index in [-0.39, 0.29) is 5.57 Å². The van der Waals surface area contributed by atoms with E-state index in [0.717, 1.165) is 0 Å². The maximum absolute atomic E-state index is 11.9. The summed E-state index contributed by atoms with van der Waals surface area (Å²) in [5.41, 5.74) is 0.0162. The van der Waals surface area contributed by atoms with Crippen LogP contribution in [0.25, 0.3) is 0 Å². The van der Waals surface area contributed by atoms with Crippen molar-refractivity contribution in [1.29, 1.82) is 0 Å². The molecule has 1 heterocycles. The lowest BCUT2D eigenvalue weighted by atomic mass is 10.1. The standard InChI is InChI=1S/C11H16O4S2/c1-5-11(6-2)14-8(12)7(9(13)15-11)10(16-3)17-4/h5-6H2,1-4H3. The number of ether oxygens (including phenoxy) is 2. The lowest BCUT2D eigenvalue weighted by molar-refractivity contribution is -0.237. The molecule has 0 bridgehead atoms. The Morgan fingerprint density at radius 1 is 1.06 bits per heavy atom. The highest BCUT2D eigenvalue weighted by Gasteiger charge is 2.44. The molecule has 1 saturated heterocycles. The van der Waals surface area contributed by atoms with Gasteiger partial charge in [0, 0.05) is 12.8 Å². The van der Waals surface area contributed by atoms with Crippen molar-refractivity contribution >= 4 is 35.5 Å². The van der Waals surface area contributed by atoms with Crippen LogP contribution < -0.4 is 0 Å². The molecule has 1 aliphatic rings. The van der Waals surface area contributed by atoms with Gasteiger partial charge in [0.15, 0.2) is 5.57 Å². The number of carbonyl (C=O) groups excluding carboxylic acids is 2. The monoisotopic (exact) mass is 276 g/mol. The van der Waals surface area contributed by atoms with E-state index in [9.17, 15) is 9.59 Å². The zero-order valence-electron chi connectivity index (χ0n) is 10.4. The van der Waals surface area contributed by atoms with E-state index < -0.39 is 17.7 Å². The Morgan fingerprint density at radius 2 is 1.47 bits per heavy atom. The normalized spacial score (nSPS) is 18.7. The zero-order valence-corrected chi connectivity index (χ0v) is 12.0. The van der Waals surface area contributed by atoms with E-state index in [2.05, 4.69) is 0 Å². The molecule has 96 valence electrons. The van der Waals surface area contributed by atoms with Crippen LogP contribution in [0.4, 0.5) is 0 Å². The van der Waals surface area contributed by atoms with E-state index in [0.29, 0.717) is 17.1 Å². The minimum atomic E-state index is -1.08. The first-order valence-corrected chi connectivity index (χ1v) is 7.77. The Bertz CT molecular complexity index is 330. The summed E-state index contributed by atoms with van der Waals surface area (Å²) in [6, 6.07) is 0. The topological polar surface area (TPSA) is 52.6 Å². The third-order valence-electron chi connectivity index (χ3n) is 2.62. The number of carbonyl (C=O) groups is 2. The van der Waals surface area contributed by atoms with Crippen molar-refractivity contribution in [2.75, 3.05) is 12.5 Å². The third-order valence-corrected chi connectivity index (χ3v) is 4.77. The first-order chi connectivity index (χ1) is 8.03. The minimum Gasteiger partial charge on any atom is -0.419 e. The Kier molecular flexibility index (Phi) is 4.94. The van der Waals surface area contributed by atoms with Crippen molar-refractivity contribution in [2.24, 2.45) is 0 Å². The van der Waals surface area contributed by atoms with Crippen molar-refractivity contribution in [3.63, 3.8) is 0 Å². The quantitative estimate of drug-likeness (QED) is 0.447. The van der Waals surface area contributed by atoms with Gasteiger partial charge in [-0.25, -0.2) is 9.59 Å². The number of thioether (sulfide) groups is 2. The molecular formula is C11H16O4S2. The van der Waals surface area contributed by atoms with Gasteiger partial charge < -0.3 is 9.47 Å². The first kappa shape index (κ1) is 14.4. The highest BCUT2D eigenvalue weighted by molar-refractivity contribution is 8.21. The lowest BCUT2D eigenvalue weighted by Gasteiger charge is -2.35. The van der Waals surface area contributed by atoms with Crippen molar-refractivity contribution in [2.45, 2.75) is 32.5 Å². The fourth-order valence-corrected chi connectivity index (χ4v) is 2.95. The van der Waals surface area contributed by atoms with Gasteiger partial charge in [0.1, 0.15) is 0 Å². The maximum atomic E-state index is 11.9. The molecule has 0 unspecified atom stereocenters. The van der Waals surface area contributed by atoms with Gasteiger partial charge in [-0.1, -0.05) is 13.8 Å². The van der Waals surface area contributed by atoms with Gasteiger partial charge in [0.2, 0.25) is 0 Å². The van der Waals surface area contributed by atoms with Crippen LogP contribution in [0.3, 0.4) is 0 Å². The van der Waals surface area contributed by atoms with Crippen LogP contribution >= 0.6 is 23.5 Å². The van der Waals surface area contributed by atoms with Gasteiger partial charge in [-0.05, 0) is 12.5 Å². The second kappa shape index (κ2) is 5.82. The molecule has 0 aromatic carbocycles. The van der Waals surface area contributed by atoms with Gasteiger partial charge in [-0.15, -0.1) is 23.5 Å². The van der Waals surface area contributed by atoms with Gasteiger partial charge in [0.25, 0.3) is 5.79 Å². The molecule has 0 amide bonds. The van der Waals surface area contributed by atoms with Crippen LogP contribution in [0.2, 0.25) is 0 Å². The number of rotatable bonds is 4. The summed E-state index contributed by atoms with van der Waals surface area (Å²) in [4.78, 5) is 23.8. The van der Waals surface area contributed by atoms with E-state index >= 15 is 0 Å². The Balaban J connectivity index is 3.09. The summed E-state index contributed by atoms with van der Waals surface area (Å²) in [6.45, 7) is 3.64. The number of cyclic esters (lactones) is 2. The molecule has 0 atom stereocenters. The average molecular weight is 276 g/mol. The average Bonchev–Trinajstić information content (AvgIpc) is 2.33. The first-order valence-electron chi connectivity index (χ1n) is 5.32. The van der Waals surface area contributed by atoms with Crippen molar-refractivity contribution in [1.82, 2.24) is 0 Å².